The molecule has 1 amide bonds. The first-order valence-corrected chi connectivity index (χ1v) is 9.88. The van der Waals surface area contributed by atoms with E-state index in [9.17, 15) is 13.2 Å². The predicted octanol–water partition coefficient (Wildman–Crippen LogP) is 2.01. The number of anilines is 1. The Bertz CT molecular complexity index is 894. The largest absolute Gasteiger partial charge is 0.365 e. The number of morpholine rings is 1. The minimum absolute atomic E-state index is 0.0648. The fourth-order valence-electron chi connectivity index (χ4n) is 2.79. The molecule has 1 aliphatic rings. The Morgan fingerprint density at radius 1 is 1.12 bits per heavy atom. The summed E-state index contributed by atoms with van der Waals surface area (Å²) < 4.78 is 32.9. The van der Waals surface area contributed by atoms with Crippen LogP contribution in [0.2, 0.25) is 0 Å². The number of sulfonamides is 1. The minimum atomic E-state index is -3.62. The first-order chi connectivity index (χ1) is 12.3. The fraction of sp³-hybridized carbons (Fsp3) is 0.316. The average Bonchev–Trinajstić information content (AvgIpc) is 2.62. The Hall–Kier alpha value is -2.22. The Labute approximate surface area is 153 Å². The fourth-order valence-corrected chi connectivity index (χ4v) is 3.96. The van der Waals surface area contributed by atoms with E-state index in [1.54, 1.807) is 23.1 Å². The molecule has 26 heavy (non-hydrogen) atoms. The van der Waals surface area contributed by atoms with E-state index >= 15 is 0 Å². The van der Waals surface area contributed by atoms with Crippen LogP contribution in [0.1, 0.15) is 11.1 Å². The van der Waals surface area contributed by atoms with Gasteiger partial charge in [-0.1, -0.05) is 29.8 Å². The molecular formula is C19H22N2O4S. The summed E-state index contributed by atoms with van der Waals surface area (Å²) in [7, 11) is -3.62. The molecule has 3 rings (SSSR count). The lowest BCUT2D eigenvalue weighted by Crippen LogP contribution is -2.50. The third kappa shape index (κ3) is 4.30. The van der Waals surface area contributed by atoms with Crippen molar-refractivity contribution in [2.45, 2.75) is 24.8 Å². The highest BCUT2D eigenvalue weighted by Crippen LogP contribution is 2.19. The highest BCUT2D eigenvalue weighted by atomic mass is 32.2. The van der Waals surface area contributed by atoms with Crippen LogP contribution in [-0.2, 0) is 19.6 Å². The first-order valence-electron chi connectivity index (χ1n) is 8.40. The van der Waals surface area contributed by atoms with Gasteiger partial charge in [0.2, 0.25) is 10.0 Å². The summed E-state index contributed by atoms with van der Waals surface area (Å²) in [6, 6.07) is 14.4. The number of ether oxygens (including phenoxy) is 1. The second-order valence-corrected chi connectivity index (χ2v) is 8.21. The number of hydrogen-bond acceptors (Lipinski definition) is 4. The van der Waals surface area contributed by atoms with E-state index in [1.807, 2.05) is 44.2 Å². The Kier molecular flexibility index (Phi) is 5.41. The standard InChI is InChI=1S/C19H22N2O4S/c1-14-6-8-16(9-7-14)21-12-17(25-13-19(21)22)11-20-26(23,24)18-5-3-4-15(2)10-18/h3-10,17,20H,11-13H2,1-2H3. The van der Waals surface area contributed by atoms with E-state index in [4.69, 9.17) is 4.74 Å². The van der Waals surface area contributed by atoms with Crippen molar-refractivity contribution < 1.29 is 17.9 Å². The van der Waals surface area contributed by atoms with Gasteiger partial charge in [-0.25, -0.2) is 13.1 Å². The summed E-state index contributed by atoms with van der Waals surface area (Å²) in [6.07, 6.45) is -0.409. The third-order valence-electron chi connectivity index (χ3n) is 4.28. The monoisotopic (exact) mass is 374 g/mol. The quantitative estimate of drug-likeness (QED) is 0.869. The molecule has 1 atom stereocenters. The Morgan fingerprint density at radius 2 is 1.85 bits per heavy atom. The number of hydrogen-bond donors (Lipinski definition) is 1. The van der Waals surface area contributed by atoms with Gasteiger partial charge in [-0.05, 0) is 43.7 Å². The van der Waals surface area contributed by atoms with E-state index in [0.717, 1.165) is 16.8 Å². The molecule has 2 aromatic rings. The molecule has 7 heteroatoms. The number of benzene rings is 2. The molecular weight excluding hydrogens is 352 g/mol. The number of carbonyl (C=O) groups is 1. The van der Waals surface area contributed by atoms with Crippen molar-refractivity contribution in [2.75, 3.05) is 24.6 Å². The molecule has 0 spiro atoms. The van der Waals surface area contributed by atoms with Gasteiger partial charge in [0, 0.05) is 12.2 Å². The second kappa shape index (κ2) is 7.57. The molecule has 1 aliphatic heterocycles. The first kappa shape index (κ1) is 18.6. The van der Waals surface area contributed by atoms with E-state index in [-0.39, 0.29) is 24.0 Å². The van der Waals surface area contributed by atoms with Gasteiger partial charge in [0.1, 0.15) is 6.61 Å². The van der Waals surface area contributed by atoms with Crippen LogP contribution in [0.15, 0.2) is 53.4 Å². The normalized spacial score (nSPS) is 18.2. The molecule has 1 heterocycles. The van der Waals surface area contributed by atoms with Gasteiger partial charge in [-0.15, -0.1) is 0 Å². The molecule has 0 saturated carbocycles. The maximum Gasteiger partial charge on any atom is 0.253 e. The summed E-state index contributed by atoms with van der Waals surface area (Å²) in [6.45, 7) is 4.16. The van der Waals surface area contributed by atoms with Crippen molar-refractivity contribution in [3.63, 3.8) is 0 Å². The maximum atomic E-state index is 12.4. The van der Waals surface area contributed by atoms with Crippen molar-refractivity contribution in [3.8, 4) is 0 Å². The molecule has 1 fully saturated rings. The predicted molar refractivity (Wildman–Crippen MR) is 99.6 cm³/mol. The number of rotatable bonds is 5. The molecule has 0 radical (unpaired) electrons. The molecule has 6 nitrogen and oxygen atoms in total. The van der Waals surface area contributed by atoms with Crippen molar-refractivity contribution in [1.82, 2.24) is 4.72 Å². The zero-order chi connectivity index (χ0) is 18.7. The number of carbonyl (C=O) groups excluding carboxylic acids is 1. The summed E-state index contributed by atoms with van der Waals surface area (Å²) in [5.41, 5.74) is 2.77. The van der Waals surface area contributed by atoms with Crippen molar-refractivity contribution in [3.05, 3.63) is 59.7 Å². The third-order valence-corrected chi connectivity index (χ3v) is 5.70. The van der Waals surface area contributed by atoms with Crippen LogP contribution in [0, 0.1) is 13.8 Å². The molecule has 0 bridgehead atoms. The van der Waals surface area contributed by atoms with Crippen LogP contribution in [0.5, 0.6) is 0 Å². The molecule has 138 valence electrons. The van der Waals surface area contributed by atoms with Crippen LogP contribution in [-0.4, -0.2) is 40.1 Å². The smallest absolute Gasteiger partial charge is 0.253 e. The van der Waals surface area contributed by atoms with Gasteiger partial charge in [0.25, 0.3) is 5.91 Å². The lowest BCUT2D eigenvalue weighted by Gasteiger charge is -2.33. The van der Waals surface area contributed by atoms with E-state index in [1.165, 1.54) is 0 Å². The molecule has 0 aliphatic carbocycles. The van der Waals surface area contributed by atoms with Gasteiger partial charge in [0.05, 0.1) is 17.5 Å². The highest BCUT2D eigenvalue weighted by molar-refractivity contribution is 7.89. The number of nitrogens with one attached hydrogen (secondary N) is 1. The van der Waals surface area contributed by atoms with Crippen molar-refractivity contribution >= 4 is 21.6 Å². The second-order valence-electron chi connectivity index (χ2n) is 6.44. The van der Waals surface area contributed by atoms with Gasteiger partial charge < -0.3 is 9.64 Å². The molecule has 0 aromatic heterocycles. The molecule has 1 saturated heterocycles. The number of amides is 1. The average molecular weight is 374 g/mol. The topological polar surface area (TPSA) is 75.7 Å². The minimum Gasteiger partial charge on any atom is -0.365 e. The summed E-state index contributed by atoms with van der Waals surface area (Å²) in [5, 5.41) is 0. The summed E-state index contributed by atoms with van der Waals surface area (Å²) in [5.74, 6) is -0.133. The lowest BCUT2D eigenvalue weighted by molar-refractivity contribution is -0.129. The van der Waals surface area contributed by atoms with Crippen LogP contribution in [0.4, 0.5) is 5.69 Å². The zero-order valence-electron chi connectivity index (χ0n) is 14.8. The molecule has 1 N–H and O–H groups in total. The number of nitrogens with zero attached hydrogens (tertiary/aromatic N) is 1. The highest BCUT2D eigenvalue weighted by Gasteiger charge is 2.28. The summed E-state index contributed by atoms with van der Waals surface area (Å²) in [4.78, 5) is 14.0. The Morgan fingerprint density at radius 3 is 2.54 bits per heavy atom. The SMILES string of the molecule is Cc1ccc(N2CC(CNS(=O)(=O)c3cccc(C)c3)OCC2=O)cc1. The van der Waals surface area contributed by atoms with E-state index < -0.39 is 16.1 Å². The van der Waals surface area contributed by atoms with Gasteiger partial charge in [0.15, 0.2) is 0 Å². The Balaban J connectivity index is 1.67. The number of aryl methyl sites for hydroxylation is 2. The van der Waals surface area contributed by atoms with Crippen LogP contribution < -0.4 is 9.62 Å². The van der Waals surface area contributed by atoms with Crippen molar-refractivity contribution in [1.29, 1.82) is 0 Å². The van der Waals surface area contributed by atoms with Crippen LogP contribution in [0.3, 0.4) is 0 Å². The zero-order valence-corrected chi connectivity index (χ0v) is 15.6. The maximum absolute atomic E-state index is 12.4. The van der Waals surface area contributed by atoms with Crippen LogP contribution in [0.25, 0.3) is 0 Å². The van der Waals surface area contributed by atoms with Gasteiger partial charge in [-0.3, -0.25) is 4.79 Å². The van der Waals surface area contributed by atoms with Gasteiger partial charge in [-0.2, -0.15) is 0 Å². The summed E-state index contributed by atoms with van der Waals surface area (Å²) >= 11 is 0. The molecule has 1 unspecified atom stereocenters. The van der Waals surface area contributed by atoms with E-state index in [0.29, 0.717) is 6.54 Å². The molecule has 2 aromatic carbocycles. The van der Waals surface area contributed by atoms with E-state index in [2.05, 4.69) is 4.72 Å². The van der Waals surface area contributed by atoms with Crippen molar-refractivity contribution in [2.24, 2.45) is 0 Å². The lowest BCUT2D eigenvalue weighted by atomic mass is 10.2. The van der Waals surface area contributed by atoms with Crippen LogP contribution >= 0.6 is 0 Å². The van der Waals surface area contributed by atoms with Gasteiger partial charge >= 0.3 is 0 Å².